The van der Waals surface area contributed by atoms with Gasteiger partial charge in [-0.2, -0.15) is 0 Å². The maximum atomic E-state index is 5.01. The molecule has 0 aliphatic carbocycles. The van der Waals surface area contributed by atoms with Crippen molar-refractivity contribution in [2.75, 3.05) is 0 Å². The van der Waals surface area contributed by atoms with Crippen LogP contribution in [0, 0.1) is 11.6 Å². The van der Waals surface area contributed by atoms with Gasteiger partial charge in [0.25, 0.3) is 0 Å². The van der Waals surface area contributed by atoms with Gasteiger partial charge in [0.1, 0.15) is 4.64 Å². The van der Waals surface area contributed by atoms with Crippen molar-refractivity contribution in [3.63, 3.8) is 0 Å². The van der Waals surface area contributed by atoms with Crippen molar-refractivity contribution in [1.82, 2.24) is 9.97 Å². The van der Waals surface area contributed by atoms with E-state index in [1.54, 1.807) is 12.4 Å². The lowest BCUT2D eigenvalue weighted by Crippen LogP contribution is -1.86. The SMILES string of the molecule is Cc1cccc(-c2cncc(=S)[nH]2)c1. The number of aryl methyl sites for hydroxylation is 1. The molecule has 0 amide bonds. The molecular formula is C11H10N2S. The summed E-state index contributed by atoms with van der Waals surface area (Å²) in [4.78, 5) is 7.16. The smallest absolute Gasteiger partial charge is 0.122 e. The van der Waals surface area contributed by atoms with Gasteiger partial charge in [0.05, 0.1) is 18.1 Å². The fourth-order valence-electron chi connectivity index (χ4n) is 1.34. The van der Waals surface area contributed by atoms with Gasteiger partial charge in [-0.1, -0.05) is 36.0 Å². The van der Waals surface area contributed by atoms with Crippen LogP contribution in [-0.2, 0) is 0 Å². The van der Waals surface area contributed by atoms with E-state index >= 15 is 0 Å². The highest BCUT2D eigenvalue weighted by molar-refractivity contribution is 7.71. The molecule has 0 saturated heterocycles. The van der Waals surface area contributed by atoms with Crippen molar-refractivity contribution in [3.05, 3.63) is 46.9 Å². The Kier molecular flexibility index (Phi) is 2.41. The van der Waals surface area contributed by atoms with Crippen molar-refractivity contribution in [2.45, 2.75) is 6.92 Å². The lowest BCUT2D eigenvalue weighted by Gasteiger charge is -2.01. The van der Waals surface area contributed by atoms with Gasteiger partial charge >= 0.3 is 0 Å². The van der Waals surface area contributed by atoms with Crippen LogP contribution in [-0.4, -0.2) is 9.97 Å². The molecule has 0 saturated carbocycles. The quantitative estimate of drug-likeness (QED) is 0.720. The van der Waals surface area contributed by atoms with Crippen LogP contribution in [0.1, 0.15) is 5.56 Å². The molecule has 3 heteroatoms. The van der Waals surface area contributed by atoms with E-state index in [1.807, 2.05) is 12.1 Å². The Labute approximate surface area is 87.7 Å². The van der Waals surface area contributed by atoms with Crippen LogP contribution in [0.5, 0.6) is 0 Å². The molecule has 2 aromatic rings. The Morgan fingerprint density at radius 1 is 1.29 bits per heavy atom. The lowest BCUT2D eigenvalue weighted by atomic mass is 10.1. The average molecular weight is 202 g/mol. The predicted octanol–water partition coefficient (Wildman–Crippen LogP) is 3.11. The monoisotopic (exact) mass is 202 g/mol. The van der Waals surface area contributed by atoms with Crippen molar-refractivity contribution >= 4 is 12.2 Å². The van der Waals surface area contributed by atoms with Crippen molar-refractivity contribution < 1.29 is 0 Å². The average Bonchev–Trinajstić information content (AvgIpc) is 2.18. The predicted molar refractivity (Wildman–Crippen MR) is 59.6 cm³/mol. The van der Waals surface area contributed by atoms with Crippen molar-refractivity contribution in [1.29, 1.82) is 0 Å². The molecule has 0 aliphatic rings. The minimum absolute atomic E-state index is 0.656. The molecule has 0 bridgehead atoms. The van der Waals surface area contributed by atoms with Crippen LogP contribution in [0.3, 0.4) is 0 Å². The molecule has 1 aromatic heterocycles. The fraction of sp³-hybridized carbons (Fsp3) is 0.0909. The molecule has 14 heavy (non-hydrogen) atoms. The standard InChI is InChI=1S/C11H10N2S/c1-8-3-2-4-9(5-8)10-6-12-7-11(14)13-10/h2-7H,1H3,(H,13,14). The van der Waals surface area contributed by atoms with E-state index in [-0.39, 0.29) is 0 Å². The van der Waals surface area contributed by atoms with Gasteiger partial charge in [-0.25, -0.2) is 0 Å². The normalized spacial score (nSPS) is 10.1. The first kappa shape index (κ1) is 9.09. The zero-order chi connectivity index (χ0) is 9.97. The minimum Gasteiger partial charge on any atom is -0.344 e. The summed E-state index contributed by atoms with van der Waals surface area (Å²) in [6.45, 7) is 2.06. The highest BCUT2D eigenvalue weighted by Crippen LogP contribution is 2.16. The fourth-order valence-corrected chi connectivity index (χ4v) is 1.51. The zero-order valence-electron chi connectivity index (χ0n) is 7.82. The van der Waals surface area contributed by atoms with Gasteiger partial charge in [-0.05, 0) is 18.6 Å². The minimum atomic E-state index is 0.656. The second kappa shape index (κ2) is 3.72. The van der Waals surface area contributed by atoms with Gasteiger partial charge in [0.2, 0.25) is 0 Å². The van der Waals surface area contributed by atoms with Gasteiger partial charge in [0.15, 0.2) is 0 Å². The Morgan fingerprint density at radius 3 is 2.86 bits per heavy atom. The van der Waals surface area contributed by atoms with Crippen LogP contribution in [0.4, 0.5) is 0 Å². The lowest BCUT2D eigenvalue weighted by molar-refractivity contribution is 1.18. The Balaban J connectivity index is 2.55. The Bertz CT molecular complexity index is 502. The molecule has 1 heterocycles. The van der Waals surface area contributed by atoms with E-state index in [4.69, 9.17) is 12.2 Å². The first-order valence-corrected chi connectivity index (χ1v) is 4.78. The van der Waals surface area contributed by atoms with Crippen molar-refractivity contribution in [3.8, 4) is 11.3 Å². The number of hydrogen-bond donors (Lipinski definition) is 1. The summed E-state index contributed by atoms with van der Waals surface area (Å²) in [6, 6.07) is 8.22. The summed E-state index contributed by atoms with van der Waals surface area (Å²) in [5, 5.41) is 0. The number of benzene rings is 1. The summed E-state index contributed by atoms with van der Waals surface area (Å²) < 4.78 is 0.656. The van der Waals surface area contributed by atoms with Crippen LogP contribution in [0.2, 0.25) is 0 Å². The number of aromatic nitrogens is 2. The van der Waals surface area contributed by atoms with E-state index < -0.39 is 0 Å². The first-order valence-electron chi connectivity index (χ1n) is 4.37. The third-order valence-electron chi connectivity index (χ3n) is 1.98. The summed E-state index contributed by atoms with van der Waals surface area (Å²) in [7, 11) is 0. The largest absolute Gasteiger partial charge is 0.344 e. The summed E-state index contributed by atoms with van der Waals surface area (Å²) in [6.07, 6.45) is 3.42. The Morgan fingerprint density at radius 2 is 2.14 bits per heavy atom. The molecule has 0 radical (unpaired) electrons. The maximum absolute atomic E-state index is 5.01. The molecule has 2 rings (SSSR count). The molecule has 0 aliphatic heterocycles. The number of nitrogens with one attached hydrogen (secondary N) is 1. The number of rotatable bonds is 1. The number of nitrogens with zero attached hydrogens (tertiary/aromatic N) is 1. The van der Waals surface area contributed by atoms with E-state index in [0.717, 1.165) is 11.3 Å². The van der Waals surface area contributed by atoms with Crippen LogP contribution in [0.15, 0.2) is 36.7 Å². The van der Waals surface area contributed by atoms with Gasteiger partial charge < -0.3 is 4.98 Å². The summed E-state index contributed by atoms with van der Waals surface area (Å²) in [5.41, 5.74) is 3.30. The highest BCUT2D eigenvalue weighted by Gasteiger charge is 1.96. The second-order valence-electron chi connectivity index (χ2n) is 3.18. The number of hydrogen-bond acceptors (Lipinski definition) is 2. The van der Waals surface area contributed by atoms with E-state index in [2.05, 4.69) is 29.0 Å². The Hall–Kier alpha value is -1.48. The summed E-state index contributed by atoms with van der Waals surface area (Å²) >= 11 is 5.01. The zero-order valence-corrected chi connectivity index (χ0v) is 8.64. The highest BCUT2D eigenvalue weighted by atomic mass is 32.1. The molecule has 0 unspecified atom stereocenters. The third kappa shape index (κ3) is 1.88. The maximum Gasteiger partial charge on any atom is 0.122 e. The molecule has 0 atom stereocenters. The molecule has 1 N–H and O–H groups in total. The van der Waals surface area contributed by atoms with Gasteiger partial charge in [-0.15, -0.1) is 0 Å². The van der Waals surface area contributed by atoms with Crippen molar-refractivity contribution in [2.24, 2.45) is 0 Å². The molecule has 0 fully saturated rings. The van der Waals surface area contributed by atoms with Gasteiger partial charge in [0, 0.05) is 0 Å². The summed E-state index contributed by atoms with van der Waals surface area (Å²) in [5.74, 6) is 0. The van der Waals surface area contributed by atoms with Gasteiger partial charge in [-0.3, -0.25) is 4.98 Å². The number of aromatic amines is 1. The third-order valence-corrected chi connectivity index (χ3v) is 2.19. The molecule has 2 nitrogen and oxygen atoms in total. The molecular weight excluding hydrogens is 192 g/mol. The van der Waals surface area contributed by atoms with Crippen LogP contribution < -0.4 is 0 Å². The van der Waals surface area contributed by atoms with Crippen LogP contribution >= 0.6 is 12.2 Å². The van der Waals surface area contributed by atoms with Crippen LogP contribution in [0.25, 0.3) is 11.3 Å². The molecule has 70 valence electrons. The van der Waals surface area contributed by atoms with E-state index in [1.165, 1.54) is 5.56 Å². The van der Waals surface area contributed by atoms with E-state index in [9.17, 15) is 0 Å². The van der Waals surface area contributed by atoms with E-state index in [0.29, 0.717) is 4.64 Å². The topological polar surface area (TPSA) is 28.7 Å². The molecule has 0 spiro atoms. The second-order valence-corrected chi connectivity index (χ2v) is 3.62. The number of H-pyrrole nitrogens is 1. The first-order chi connectivity index (χ1) is 6.75. The molecule has 1 aromatic carbocycles.